The first-order chi connectivity index (χ1) is 9.20. The van der Waals surface area contributed by atoms with Gasteiger partial charge in [0, 0.05) is 12.2 Å². The lowest BCUT2D eigenvalue weighted by molar-refractivity contribution is -0.140. The Labute approximate surface area is 112 Å². The lowest BCUT2D eigenvalue weighted by atomic mass is 10.1. The van der Waals surface area contributed by atoms with Crippen LogP contribution in [-0.4, -0.2) is 31.6 Å². The standard InChI is InChI=1S/C14H18N2O3/c1-19-13(17)8-9-15-12-7-6-10-4-2-3-5-11(10)16-14(12)18/h2-5,12,15H,6-9H2,1H3,(H,16,18). The molecule has 1 aromatic rings. The van der Waals surface area contributed by atoms with E-state index in [1.807, 2.05) is 24.3 Å². The Bertz CT molecular complexity index is 474. The molecule has 5 nitrogen and oxygen atoms in total. The smallest absolute Gasteiger partial charge is 0.306 e. The van der Waals surface area contributed by atoms with E-state index in [0.29, 0.717) is 6.54 Å². The van der Waals surface area contributed by atoms with Gasteiger partial charge in [-0.2, -0.15) is 0 Å². The van der Waals surface area contributed by atoms with Crippen LogP contribution in [0.2, 0.25) is 0 Å². The maximum Gasteiger partial charge on any atom is 0.306 e. The predicted octanol–water partition coefficient (Wildman–Crippen LogP) is 1.09. The minimum Gasteiger partial charge on any atom is -0.469 e. The molecule has 0 spiro atoms. The molecule has 1 aliphatic rings. The highest BCUT2D eigenvalue weighted by Gasteiger charge is 2.22. The van der Waals surface area contributed by atoms with Gasteiger partial charge in [0.25, 0.3) is 0 Å². The van der Waals surface area contributed by atoms with Crippen LogP contribution < -0.4 is 10.6 Å². The van der Waals surface area contributed by atoms with Gasteiger partial charge in [-0.3, -0.25) is 9.59 Å². The fourth-order valence-electron chi connectivity index (χ4n) is 2.16. The number of fused-ring (bicyclic) bond motifs is 1. The molecule has 19 heavy (non-hydrogen) atoms. The third-order valence-corrected chi connectivity index (χ3v) is 3.24. The zero-order valence-corrected chi connectivity index (χ0v) is 10.9. The highest BCUT2D eigenvalue weighted by Crippen LogP contribution is 2.21. The summed E-state index contributed by atoms with van der Waals surface area (Å²) >= 11 is 0. The predicted molar refractivity (Wildman–Crippen MR) is 71.8 cm³/mol. The summed E-state index contributed by atoms with van der Waals surface area (Å²) in [6.07, 6.45) is 1.84. The molecule has 5 heteroatoms. The second kappa shape index (κ2) is 6.33. The van der Waals surface area contributed by atoms with E-state index in [-0.39, 0.29) is 24.3 Å². The summed E-state index contributed by atoms with van der Waals surface area (Å²) in [5.41, 5.74) is 2.03. The number of anilines is 1. The van der Waals surface area contributed by atoms with E-state index in [1.165, 1.54) is 7.11 Å². The summed E-state index contributed by atoms with van der Waals surface area (Å²) in [4.78, 5) is 23.1. The molecule has 0 aromatic heterocycles. The summed E-state index contributed by atoms with van der Waals surface area (Å²) in [7, 11) is 1.36. The first-order valence-corrected chi connectivity index (χ1v) is 6.39. The number of carbonyl (C=O) groups is 2. The lowest BCUT2D eigenvalue weighted by Crippen LogP contribution is -2.40. The molecule has 1 atom stereocenters. The Morgan fingerprint density at radius 1 is 1.47 bits per heavy atom. The van der Waals surface area contributed by atoms with Gasteiger partial charge in [0.1, 0.15) is 0 Å². The molecule has 1 aliphatic heterocycles. The maximum absolute atomic E-state index is 12.0. The molecule has 0 saturated carbocycles. The van der Waals surface area contributed by atoms with Crippen molar-refractivity contribution >= 4 is 17.6 Å². The van der Waals surface area contributed by atoms with Crippen molar-refractivity contribution in [3.63, 3.8) is 0 Å². The molecule has 0 saturated heterocycles. The summed E-state index contributed by atoms with van der Waals surface area (Å²) in [5, 5.41) is 6.01. The highest BCUT2D eigenvalue weighted by molar-refractivity contribution is 5.96. The highest BCUT2D eigenvalue weighted by atomic mass is 16.5. The number of esters is 1. The van der Waals surface area contributed by atoms with Crippen LogP contribution in [0.25, 0.3) is 0 Å². The Balaban J connectivity index is 1.91. The minimum atomic E-state index is -0.273. The number of aryl methyl sites for hydroxylation is 1. The van der Waals surface area contributed by atoms with E-state index in [1.54, 1.807) is 0 Å². The monoisotopic (exact) mass is 262 g/mol. The van der Waals surface area contributed by atoms with E-state index in [0.717, 1.165) is 24.1 Å². The molecule has 0 fully saturated rings. The van der Waals surface area contributed by atoms with Crippen LogP contribution in [0.4, 0.5) is 5.69 Å². The van der Waals surface area contributed by atoms with Crippen molar-refractivity contribution in [3.8, 4) is 0 Å². The Morgan fingerprint density at radius 2 is 2.26 bits per heavy atom. The molecule has 1 aromatic carbocycles. The van der Waals surface area contributed by atoms with Crippen molar-refractivity contribution in [2.45, 2.75) is 25.3 Å². The van der Waals surface area contributed by atoms with Crippen LogP contribution in [0.5, 0.6) is 0 Å². The Hall–Kier alpha value is -1.88. The molecule has 102 valence electrons. The molecular formula is C14H18N2O3. The van der Waals surface area contributed by atoms with Crippen LogP contribution in [-0.2, 0) is 20.7 Å². The number of methoxy groups -OCH3 is 1. The topological polar surface area (TPSA) is 67.4 Å². The van der Waals surface area contributed by atoms with Crippen molar-refractivity contribution in [1.82, 2.24) is 5.32 Å². The van der Waals surface area contributed by atoms with E-state index in [4.69, 9.17) is 0 Å². The quantitative estimate of drug-likeness (QED) is 0.797. The van der Waals surface area contributed by atoms with Crippen molar-refractivity contribution in [3.05, 3.63) is 29.8 Å². The molecule has 0 aliphatic carbocycles. The number of rotatable bonds is 4. The van der Waals surface area contributed by atoms with E-state index < -0.39 is 0 Å². The number of carbonyl (C=O) groups excluding carboxylic acids is 2. The van der Waals surface area contributed by atoms with Gasteiger partial charge in [-0.25, -0.2) is 0 Å². The van der Waals surface area contributed by atoms with Crippen LogP contribution in [0.15, 0.2) is 24.3 Å². The first kappa shape index (κ1) is 13.5. The van der Waals surface area contributed by atoms with Crippen LogP contribution in [0, 0.1) is 0 Å². The largest absolute Gasteiger partial charge is 0.469 e. The van der Waals surface area contributed by atoms with Crippen molar-refractivity contribution in [2.75, 3.05) is 19.0 Å². The number of para-hydroxylation sites is 1. The fourth-order valence-corrected chi connectivity index (χ4v) is 2.16. The molecule has 0 bridgehead atoms. The lowest BCUT2D eigenvalue weighted by Gasteiger charge is -2.14. The normalized spacial score (nSPS) is 18.2. The van der Waals surface area contributed by atoms with Crippen molar-refractivity contribution < 1.29 is 14.3 Å². The SMILES string of the molecule is COC(=O)CCNC1CCc2ccccc2NC1=O. The molecule has 2 N–H and O–H groups in total. The molecule has 1 unspecified atom stereocenters. The zero-order chi connectivity index (χ0) is 13.7. The third-order valence-electron chi connectivity index (χ3n) is 3.24. The van der Waals surface area contributed by atoms with E-state index >= 15 is 0 Å². The van der Waals surface area contributed by atoms with Gasteiger partial charge in [0.2, 0.25) is 5.91 Å². The van der Waals surface area contributed by atoms with Gasteiger partial charge in [0.05, 0.1) is 19.6 Å². The summed E-state index contributed by atoms with van der Waals surface area (Å²) in [5.74, 6) is -0.320. The third kappa shape index (κ3) is 3.54. The minimum absolute atomic E-state index is 0.0465. The van der Waals surface area contributed by atoms with Crippen molar-refractivity contribution in [1.29, 1.82) is 0 Å². The average molecular weight is 262 g/mol. The maximum atomic E-state index is 12.0. The number of amides is 1. The molecule has 1 heterocycles. The average Bonchev–Trinajstić information content (AvgIpc) is 2.58. The van der Waals surface area contributed by atoms with Gasteiger partial charge in [0.15, 0.2) is 0 Å². The fraction of sp³-hybridized carbons (Fsp3) is 0.429. The van der Waals surface area contributed by atoms with Gasteiger partial charge >= 0.3 is 5.97 Å². The number of nitrogens with one attached hydrogen (secondary N) is 2. The number of hydrogen-bond acceptors (Lipinski definition) is 4. The van der Waals surface area contributed by atoms with Crippen molar-refractivity contribution in [2.24, 2.45) is 0 Å². The Morgan fingerprint density at radius 3 is 3.05 bits per heavy atom. The number of ether oxygens (including phenoxy) is 1. The number of hydrogen-bond donors (Lipinski definition) is 2. The first-order valence-electron chi connectivity index (χ1n) is 6.39. The second-order valence-electron chi connectivity index (χ2n) is 4.52. The van der Waals surface area contributed by atoms with Gasteiger partial charge in [-0.05, 0) is 24.5 Å². The summed E-state index contributed by atoms with van der Waals surface area (Å²) in [6.45, 7) is 0.446. The molecule has 1 amide bonds. The molecular weight excluding hydrogens is 244 g/mol. The van der Waals surface area contributed by atoms with Gasteiger partial charge in [-0.15, -0.1) is 0 Å². The second-order valence-corrected chi connectivity index (χ2v) is 4.52. The zero-order valence-electron chi connectivity index (χ0n) is 10.9. The summed E-state index contributed by atoms with van der Waals surface area (Å²) < 4.78 is 4.56. The summed E-state index contributed by atoms with van der Waals surface area (Å²) in [6, 6.07) is 7.54. The Kier molecular flexibility index (Phi) is 4.52. The van der Waals surface area contributed by atoms with E-state index in [2.05, 4.69) is 15.4 Å². The van der Waals surface area contributed by atoms with Crippen LogP contribution >= 0.6 is 0 Å². The molecule has 0 radical (unpaired) electrons. The van der Waals surface area contributed by atoms with Gasteiger partial charge in [-0.1, -0.05) is 18.2 Å². The van der Waals surface area contributed by atoms with Crippen LogP contribution in [0.1, 0.15) is 18.4 Å². The molecule has 2 rings (SSSR count). The van der Waals surface area contributed by atoms with Crippen LogP contribution in [0.3, 0.4) is 0 Å². The van der Waals surface area contributed by atoms with E-state index in [9.17, 15) is 9.59 Å². The number of benzene rings is 1. The van der Waals surface area contributed by atoms with Gasteiger partial charge < -0.3 is 15.4 Å².